The molecule has 1 aromatic heterocycles. The van der Waals surface area contributed by atoms with E-state index >= 15 is 0 Å². The van der Waals surface area contributed by atoms with Crippen molar-refractivity contribution < 1.29 is 14.4 Å². The summed E-state index contributed by atoms with van der Waals surface area (Å²) in [5.74, 6) is -1.10. The van der Waals surface area contributed by atoms with Gasteiger partial charge in [-0.2, -0.15) is 0 Å². The predicted molar refractivity (Wildman–Crippen MR) is 125 cm³/mol. The fourth-order valence-electron chi connectivity index (χ4n) is 3.48. The van der Waals surface area contributed by atoms with E-state index in [0.29, 0.717) is 38.2 Å². The lowest BCUT2D eigenvalue weighted by molar-refractivity contribution is 0.0925. The summed E-state index contributed by atoms with van der Waals surface area (Å²) in [4.78, 5) is 43.4. The lowest BCUT2D eigenvalue weighted by Gasteiger charge is -2.14. The van der Waals surface area contributed by atoms with Crippen LogP contribution in [0.15, 0.2) is 78.2 Å². The summed E-state index contributed by atoms with van der Waals surface area (Å²) in [6, 6.07) is 20.3. The summed E-state index contributed by atoms with van der Waals surface area (Å²) in [5.41, 5.74) is 2.99. The number of imide groups is 1. The highest BCUT2D eigenvalue weighted by molar-refractivity contribution is 7.14. The highest BCUT2D eigenvalue weighted by Gasteiger charge is 2.36. The Labute approximate surface area is 192 Å². The number of aromatic nitrogens is 1. The van der Waals surface area contributed by atoms with Gasteiger partial charge in [0.2, 0.25) is 0 Å². The Morgan fingerprint density at radius 2 is 1.44 bits per heavy atom. The Bertz CT molecular complexity index is 1350. The van der Waals surface area contributed by atoms with Crippen molar-refractivity contribution in [3.63, 3.8) is 0 Å². The molecule has 1 aliphatic heterocycles. The summed E-state index contributed by atoms with van der Waals surface area (Å²) in [6.07, 6.45) is 0. The molecule has 0 spiro atoms. The summed E-state index contributed by atoms with van der Waals surface area (Å²) in [5, 5.41) is 5.61. The number of fused-ring (bicyclic) bond motifs is 1. The third-order valence-corrected chi connectivity index (χ3v) is 6.14. The van der Waals surface area contributed by atoms with Crippen molar-refractivity contribution in [3.05, 3.63) is 99.9 Å². The summed E-state index contributed by atoms with van der Waals surface area (Å²) in [7, 11) is 0. The standard InChI is InChI=1S/C24H14ClN3O3S/c25-19-8-4-3-7-18(19)20-13-32-24(26-20)27-21(29)14-9-11-15(12-10-14)28-22(30)16-5-1-2-6-17(16)23(28)31/h1-13H,(H,26,27,29). The number of benzene rings is 3. The van der Waals surface area contributed by atoms with Gasteiger partial charge in [-0.25, -0.2) is 9.88 Å². The fraction of sp³-hybridized carbons (Fsp3) is 0. The lowest BCUT2D eigenvalue weighted by atomic mass is 10.1. The molecule has 0 fully saturated rings. The van der Waals surface area contributed by atoms with Crippen LogP contribution in [-0.2, 0) is 0 Å². The molecule has 0 saturated heterocycles. The van der Waals surface area contributed by atoms with Crippen LogP contribution < -0.4 is 10.2 Å². The van der Waals surface area contributed by atoms with Crippen LogP contribution in [0.25, 0.3) is 11.3 Å². The lowest BCUT2D eigenvalue weighted by Crippen LogP contribution is -2.29. The van der Waals surface area contributed by atoms with Crippen molar-refractivity contribution in [1.29, 1.82) is 0 Å². The molecule has 3 amide bonds. The van der Waals surface area contributed by atoms with Gasteiger partial charge in [0.15, 0.2) is 5.13 Å². The van der Waals surface area contributed by atoms with Crippen LogP contribution >= 0.6 is 22.9 Å². The Kier molecular flexibility index (Phi) is 5.05. The number of halogens is 1. The molecule has 1 N–H and O–H groups in total. The number of amides is 3. The van der Waals surface area contributed by atoms with Crippen LogP contribution in [0, 0.1) is 0 Å². The van der Waals surface area contributed by atoms with Crippen molar-refractivity contribution in [3.8, 4) is 11.3 Å². The molecule has 1 aliphatic rings. The van der Waals surface area contributed by atoms with Crippen molar-refractivity contribution in [2.45, 2.75) is 0 Å². The van der Waals surface area contributed by atoms with Crippen LogP contribution in [-0.4, -0.2) is 22.7 Å². The van der Waals surface area contributed by atoms with Gasteiger partial charge in [-0.15, -0.1) is 11.3 Å². The molecule has 0 unspecified atom stereocenters. The largest absolute Gasteiger partial charge is 0.298 e. The normalized spacial score (nSPS) is 12.7. The zero-order valence-electron chi connectivity index (χ0n) is 16.4. The Morgan fingerprint density at radius 1 is 0.844 bits per heavy atom. The van der Waals surface area contributed by atoms with Gasteiger partial charge >= 0.3 is 0 Å². The molecular weight excluding hydrogens is 446 g/mol. The molecule has 0 saturated carbocycles. The number of anilines is 2. The van der Waals surface area contributed by atoms with Crippen LogP contribution in [0.2, 0.25) is 5.02 Å². The number of carbonyl (C=O) groups excluding carboxylic acids is 3. The van der Waals surface area contributed by atoms with Crippen LogP contribution in [0.3, 0.4) is 0 Å². The second-order valence-corrected chi connectivity index (χ2v) is 8.28. The van der Waals surface area contributed by atoms with E-state index in [0.717, 1.165) is 10.5 Å². The number of carbonyl (C=O) groups is 3. The van der Waals surface area contributed by atoms with E-state index in [-0.39, 0.29) is 17.7 Å². The number of hydrogen-bond donors (Lipinski definition) is 1. The van der Waals surface area contributed by atoms with E-state index in [9.17, 15) is 14.4 Å². The minimum Gasteiger partial charge on any atom is -0.298 e. The van der Waals surface area contributed by atoms with Gasteiger partial charge in [0.05, 0.1) is 22.5 Å². The molecule has 6 nitrogen and oxygen atoms in total. The van der Waals surface area contributed by atoms with E-state index in [1.54, 1.807) is 54.6 Å². The molecule has 32 heavy (non-hydrogen) atoms. The Morgan fingerprint density at radius 3 is 2.06 bits per heavy atom. The SMILES string of the molecule is O=C(Nc1nc(-c2ccccc2Cl)cs1)c1ccc(N2C(=O)c3ccccc3C2=O)cc1. The van der Waals surface area contributed by atoms with Crippen molar-refractivity contribution >= 4 is 51.5 Å². The van der Waals surface area contributed by atoms with Crippen molar-refractivity contribution in [2.75, 3.05) is 10.2 Å². The highest BCUT2D eigenvalue weighted by Crippen LogP contribution is 2.31. The van der Waals surface area contributed by atoms with Gasteiger partial charge in [0, 0.05) is 21.5 Å². The average Bonchev–Trinajstić information content (AvgIpc) is 3.37. The van der Waals surface area contributed by atoms with E-state index < -0.39 is 0 Å². The van der Waals surface area contributed by atoms with Crippen molar-refractivity contribution in [1.82, 2.24) is 4.98 Å². The van der Waals surface area contributed by atoms with Crippen LogP contribution in [0.1, 0.15) is 31.1 Å². The van der Waals surface area contributed by atoms with Crippen LogP contribution in [0.4, 0.5) is 10.8 Å². The van der Waals surface area contributed by atoms with Crippen LogP contribution in [0.5, 0.6) is 0 Å². The molecule has 3 aromatic carbocycles. The molecule has 0 bridgehead atoms. The van der Waals surface area contributed by atoms with Gasteiger partial charge in [-0.1, -0.05) is 41.9 Å². The molecular formula is C24H14ClN3O3S. The number of thiazole rings is 1. The minimum atomic E-state index is -0.377. The Hall–Kier alpha value is -3.81. The maximum absolute atomic E-state index is 12.6. The second kappa shape index (κ2) is 8.03. The molecule has 0 aliphatic carbocycles. The molecule has 0 atom stereocenters. The smallest absolute Gasteiger partial charge is 0.266 e. The third-order valence-electron chi connectivity index (χ3n) is 5.06. The van der Waals surface area contributed by atoms with Gasteiger partial charge < -0.3 is 0 Å². The zero-order chi connectivity index (χ0) is 22.2. The highest BCUT2D eigenvalue weighted by atomic mass is 35.5. The first-order valence-electron chi connectivity index (χ1n) is 9.62. The Balaban J connectivity index is 1.32. The third kappa shape index (κ3) is 3.47. The molecule has 8 heteroatoms. The maximum Gasteiger partial charge on any atom is 0.266 e. The van der Waals surface area contributed by atoms with E-state index in [4.69, 9.17) is 11.6 Å². The molecule has 156 valence electrons. The zero-order valence-corrected chi connectivity index (χ0v) is 18.0. The van der Waals surface area contributed by atoms with Gasteiger partial charge in [0.1, 0.15) is 0 Å². The predicted octanol–water partition coefficient (Wildman–Crippen LogP) is 5.52. The second-order valence-electron chi connectivity index (χ2n) is 7.01. The molecule has 4 aromatic rings. The minimum absolute atomic E-state index is 0.348. The number of rotatable bonds is 4. The van der Waals surface area contributed by atoms with Gasteiger partial charge in [0.25, 0.3) is 17.7 Å². The number of nitrogens with zero attached hydrogens (tertiary/aromatic N) is 2. The fourth-order valence-corrected chi connectivity index (χ4v) is 4.42. The van der Waals surface area contributed by atoms with Gasteiger partial charge in [-0.05, 0) is 42.5 Å². The average molecular weight is 460 g/mol. The molecule has 5 rings (SSSR count). The van der Waals surface area contributed by atoms with Gasteiger partial charge in [-0.3, -0.25) is 19.7 Å². The number of hydrogen-bond acceptors (Lipinski definition) is 5. The molecule has 2 heterocycles. The summed E-state index contributed by atoms with van der Waals surface area (Å²) < 4.78 is 0. The first kappa shape index (κ1) is 20.1. The topological polar surface area (TPSA) is 79.4 Å². The summed E-state index contributed by atoms with van der Waals surface area (Å²) >= 11 is 7.51. The van der Waals surface area contributed by atoms with E-state index in [1.165, 1.54) is 11.3 Å². The quantitative estimate of drug-likeness (QED) is 0.408. The first-order chi connectivity index (χ1) is 15.5. The monoisotopic (exact) mass is 459 g/mol. The van der Waals surface area contributed by atoms with Crippen molar-refractivity contribution in [2.24, 2.45) is 0 Å². The first-order valence-corrected chi connectivity index (χ1v) is 10.9. The van der Waals surface area contributed by atoms with E-state index in [1.807, 2.05) is 23.6 Å². The van der Waals surface area contributed by atoms with E-state index in [2.05, 4.69) is 10.3 Å². The number of nitrogens with one attached hydrogen (secondary N) is 1. The summed E-state index contributed by atoms with van der Waals surface area (Å²) in [6.45, 7) is 0. The molecule has 0 radical (unpaired) electrons. The maximum atomic E-state index is 12.6.